The summed E-state index contributed by atoms with van der Waals surface area (Å²) in [5.74, 6) is 0.0493. The SMILES string of the molecule is CCOC(=O)N(Cc1ccc(OC(F)(F)F)cc1)C[C@]1(O)CC[C@H]2[C@]34C=C[C@@]5(C=C3C(=O)C3CCCCC3)CC(O)CC[C@]5(C)[C@H]4CC[C@@]21C. The van der Waals surface area contributed by atoms with Crippen LogP contribution in [0.25, 0.3) is 0 Å². The smallest absolute Gasteiger partial charge is 0.450 e. The molecule has 0 heterocycles. The number of ether oxygens (including phenoxy) is 2. The van der Waals surface area contributed by atoms with Gasteiger partial charge in [0.2, 0.25) is 0 Å². The third-order valence-corrected chi connectivity index (χ3v) is 14.5. The minimum absolute atomic E-state index is 0.00496. The molecule has 8 rings (SSSR count). The van der Waals surface area contributed by atoms with E-state index in [1.807, 2.05) is 0 Å². The van der Waals surface area contributed by atoms with Crippen molar-refractivity contribution >= 4 is 11.9 Å². The summed E-state index contributed by atoms with van der Waals surface area (Å²) in [6, 6.07) is 5.40. The molecule has 0 aromatic heterocycles. The zero-order chi connectivity index (χ0) is 35.7. The topological polar surface area (TPSA) is 96.3 Å². The predicted octanol–water partition coefficient (Wildman–Crippen LogP) is 8.28. The summed E-state index contributed by atoms with van der Waals surface area (Å²) >= 11 is 0. The summed E-state index contributed by atoms with van der Waals surface area (Å²) < 4.78 is 47.8. The van der Waals surface area contributed by atoms with Crippen molar-refractivity contribution in [2.45, 2.75) is 122 Å². The first kappa shape index (κ1) is 35.5. The second kappa shape index (κ2) is 12.4. The third kappa shape index (κ3) is 5.44. The summed E-state index contributed by atoms with van der Waals surface area (Å²) in [5.41, 5.74) is -1.50. The van der Waals surface area contributed by atoms with Gasteiger partial charge in [-0.1, -0.05) is 63.5 Å². The molecule has 7 aliphatic rings. The fourth-order valence-corrected chi connectivity index (χ4v) is 11.9. The average molecular weight is 700 g/mol. The highest BCUT2D eigenvalue weighted by molar-refractivity contribution is 6.00. The maximum absolute atomic E-state index is 14.8. The lowest BCUT2D eigenvalue weighted by atomic mass is 9.32. The number of halogens is 3. The zero-order valence-electron chi connectivity index (χ0n) is 29.6. The van der Waals surface area contributed by atoms with Crippen LogP contribution in [0.1, 0.15) is 103 Å². The molecule has 7 nitrogen and oxygen atoms in total. The molecule has 4 saturated carbocycles. The van der Waals surface area contributed by atoms with Gasteiger partial charge in [-0.25, -0.2) is 4.79 Å². The van der Waals surface area contributed by atoms with Crippen LogP contribution in [0.2, 0.25) is 0 Å². The van der Waals surface area contributed by atoms with E-state index in [2.05, 4.69) is 36.8 Å². The lowest BCUT2D eigenvalue weighted by molar-refractivity contribution is -0.274. The van der Waals surface area contributed by atoms with Crippen molar-refractivity contribution in [1.82, 2.24) is 4.90 Å². The minimum Gasteiger partial charge on any atom is -0.450 e. The maximum atomic E-state index is 14.8. The van der Waals surface area contributed by atoms with Crippen LogP contribution in [0.3, 0.4) is 0 Å². The number of ketones is 1. The Balaban J connectivity index is 1.23. The number of aliphatic hydroxyl groups excluding tert-OH is 1. The van der Waals surface area contributed by atoms with Gasteiger partial charge in [-0.05, 0) is 99.7 Å². The van der Waals surface area contributed by atoms with Crippen molar-refractivity contribution in [3.8, 4) is 5.75 Å². The maximum Gasteiger partial charge on any atom is 0.573 e. The van der Waals surface area contributed by atoms with Crippen LogP contribution in [0.15, 0.2) is 48.1 Å². The molecule has 1 amide bonds. The molecule has 0 radical (unpaired) electrons. The van der Waals surface area contributed by atoms with Gasteiger partial charge in [0.25, 0.3) is 0 Å². The number of rotatable bonds is 8. The molecule has 274 valence electrons. The Morgan fingerprint density at radius 2 is 1.58 bits per heavy atom. The highest BCUT2D eigenvalue weighted by atomic mass is 19.4. The van der Waals surface area contributed by atoms with Crippen LogP contribution in [0.4, 0.5) is 18.0 Å². The van der Waals surface area contributed by atoms with E-state index in [0.717, 1.165) is 63.4 Å². The largest absolute Gasteiger partial charge is 0.573 e. The molecule has 1 aromatic carbocycles. The van der Waals surface area contributed by atoms with E-state index in [1.165, 1.54) is 29.2 Å². The number of hydrogen-bond donors (Lipinski definition) is 2. The number of Topliss-reactive ketones (excluding diaryl/α,β-unsaturated/α-hetero) is 1. The number of nitrogens with zero attached hydrogens (tertiary/aromatic N) is 1. The molecule has 0 aliphatic heterocycles. The fraction of sp³-hybridized carbons (Fsp3) is 0.700. The number of benzene rings is 1. The molecular weight excluding hydrogens is 647 g/mol. The first-order chi connectivity index (χ1) is 23.6. The second-order valence-electron chi connectivity index (χ2n) is 16.8. The standard InChI is InChI=1S/C40H52F3NO6/c1-4-49-34(47)44(24-26-10-12-29(13-11-26)50-40(41,42)43)25-38(48)19-16-32-36(38,3)18-15-31-35(2)17-14-28(45)22-37(35)20-21-39(31,32)30(23-37)33(46)27-8-6-5-7-9-27/h10-13,20-21,23,27-28,31-32,45,48H,4-9,14-19,22,24-25H2,1-3H3/t28?,31-,32-,35-,36+,37+,38-,39-/m1/s1. The van der Waals surface area contributed by atoms with Gasteiger partial charge < -0.3 is 24.6 Å². The quantitative estimate of drug-likeness (QED) is 0.265. The van der Waals surface area contributed by atoms with Crippen molar-refractivity contribution in [3.63, 3.8) is 0 Å². The number of carbonyl (C=O) groups is 2. The number of carbonyl (C=O) groups excluding carboxylic acids is 2. The summed E-state index contributed by atoms with van der Waals surface area (Å²) in [4.78, 5) is 29.7. The van der Waals surface area contributed by atoms with Gasteiger partial charge in [0.1, 0.15) is 5.75 Å². The number of amides is 1. The van der Waals surface area contributed by atoms with Gasteiger partial charge in [0.05, 0.1) is 24.9 Å². The molecule has 7 aliphatic carbocycles. The first-order valence-corrected chi connectivity index (χ1v) is 18.7. The number of aliphatic hydroxyl groups is 2. The number of allylic oxidation sites excluding steroid dienone is 4. The Morgan fingerprint density at radius 3 is 2.26 bits per heavy atom. The average Bonchev–Trinajstić information content (AvgIpc) is 3.34. The Labute approximate surface area is 293 Å². The van der Waals surface area contributed by atoms with Crippen molar-refractivity contribution in [3.05, 3.63) is 53.6 Å². The minimum atomic E-state index is -4.81. The van der Waals surface area contributed by atoms with Crippen LogP contribution in [0, 0.1) is 39.4 Å². The second-order valence-corrected chi connectivity index (χ2v) is 16.8. The van der Waals surface area contributed by atoms with E-state index >= 15 is 0 Å². The summed E-state index contributed by atoms with van der Waals surface area (Å²) in [6.45, 7) is 6.39. The lowest BCUT2D eigenvalue weighted by Crippen LogP contribution is -2.67. The Bertz CT molecular complexity index is 1550. The molecule has 10 heteroatoms. The Hall–Kier alpha value is -2.85. The van der Waals surface area contributed by atoms with Crippen molar-refractivity contribution in [2.24, 2.45) is 39.4 Å². The highest BCUT2D eigenvalue weighted by Crippen LogP contribution is 2.78. The molecule has 1 aromatic rings. The normalized spacial score (nSPS) is 39.2. The van der Waals surface area contributed by atoms with Crippen molar-refractivity contribution in [2.75, 3.05) is 13.2 Å². The summed E-state index contributed by atoms with van der Waals surface area (Å²) in [7, 11) is 0. The number of hydrogen-bond acceptors (Lipinski definition) is 6. The molecule has 8 atom stereocenters. The van der Waals surface area contributed by atoms with Gasteiger partial charge >= 0.3 is 12.5 Å². The van der Waals surface area contributed by atoms with E-state index in [1.54, 1.807) is 6.92 Å². The highest BCUT2D eigenvalue weighted by Gasteiger charge is 2.74. The third-order valence-electron chi connectivity index (χ3n) is 14.5. The first-order valence-electron chi connectivity index (χ1n) is 18.7. The van der Waals surface area contributed by atoms with Crippen molar-refractivity contribution < 1.29 is 42.4 Å². The Kier molecular flexibility index (Phi) is 8.81. The zero-order valence-corrected chi connectivity index (χ0v) is 29.6. The van der Waals surface area contributed by atoms with Crippen LogP contribution in [-0.2, 0) is 16.1 Å². The summed E-state index contributed by atoms with van der Waals surface area (Å²) in [6.07, 6.45) is 11.1. The Morgan fingerprint density at radius 1 is 0.920 bits per heavy atom. The molecule has 0 saturated heterocycles. The van der Waals surface area contributed by atoms with E-state index in [9.17, 15) is 33.0 Å². The molecule has 2 spiro atoms. The van der Waals surface area contributed by atoms with Crippen LogP contribution >= 0.6 is 0 Å². The van der Waals surface area contributed by atoms with Gasteiger partial charge in [-0.2, -0.15) is 0 Å². The van der Waals surface area contributed by atoms with Crippen LogP contribution in [-0.4, -0.2) is 58.2 Å². The molecule has 2 N–H and O–H groups in total. The fourth-order valence-electron chi connectivity index (χ4n) is 11.9. The number of alkyl halides is 3. The summed E-state index contributed by atoms with van der Waals surface area (Å²) in [5, 5.41) is 23.8. The van der Waals surface area contributed by atoms with E-state index in [0.29, 0.717) is 24.8 Å². The van der Waals surface area contributed by atoms with E-state index in [4.69, 9.17) is 4.74 Å². The van der Waals surface area contributed by atoms with Crippen molar-refractivity contribution in [1.29, 1.82) is 0 Å². The molecule has 4 fully saturated rings. The molecule has 1 unspecified atom stereocenters. The van der Waals surface area contributed by atoms with E-state index < -0.39 is 35.0 Å². The van der Waals surface area contributed by atoms with Gasteiger partial charge in [0, 0.05) is 34.3 Å². The van der Waals surface area contributed by atoms with Gasteiger partial charge in [0.15, 0.2) is 5.78 Å². The van der Waals surface area contributed by atoms with Crippen LogP contribution < -0.4 is 4.74 Å². The van der Waals surface area contributed by atoms with Gasteiger partial charge in [-0.3, -0.25) is 4.79 Å². The predicted molar refractivity (Wildman–Crippen MR) is 181 cm³/mol. The molecular formula is C40H52F3NO6. The van der Waals surface area contributed by atoms with Crippen LogP contribution in [0.5, 0.6) is 5.75 Å². The number of fused-ring (bicyclic) bond motifs is 1. The van der Waals surface area contributed by atoms with Gasteiger partial charge in [-0.15, -0.1) is 13.2 Å². The molecule has 2 bridgehead atoms. The lowest BCUT2D eigenvalue weighted by Gasteiger charge is -2.71. The van der Waals surface area contributed by atoms with E-state index in [-0.39, 0.29) is 59.8 Å². The molecule has 50 heavy (non-hydrogen) atoms. The monoisotopic (exact) mass is 699 g/mol.